The molecule has 1 aromatic carbocycles. The van der Waals surface area contributed by atoms with Gasteiger partial charge >= 0.3 is 0 Å². The highest BCUT2D eigenvalue weighted by molar-refractivity contribution is 5.80. The number of benzene rings is 1. The molecule has 2 N–H and O–H groups in total. The monoisotopic (exact) mass is 250 g/mol. The van der Waals surface area contributed by atoms with Crippen LogP contribution in [0.15, 0.2) is 48.7 Å². The van der Waals surface area contributed by atoms with E-state index in [0.29, 0.717) is 12.4 Å². The Labute approximate surface area is 111 Å². The molecule has 19 heavy (non-hydrogen) atoms. The number of fused-ring (bicyclic) bond motifs is 1. The average Bonchev–Trinajstić information content (AvgIpc) is 2.47. The van der Waals surface area contributed by atoms with Crippen molar-refractivity contribution in [2.24, 2.45) is 5.73 Å². The van der Waals surface area contributed by atoms with Crippen molar-refractivity contribution in [2.45, 2.75) is 6.42 Å². The van der Waals surface area contributed by atoms with Crippen LogP contribution in [0, 0.1) is 0 Å². The largest absolute Gasteiger partial charge is 0.330 e. The third kappa shape index (κ3) is 2.44. The van der Waals surface area contributed by atoms with Crippen LogP contribution in [0.2, 0.25) is 0 Å². The maximum atomic E-state index is 5.55. The van der Waals surface area contributed by atoms with Gasteiger partial charge in [-0.25, -0.2) is 15.0 Å². The fraction of sp³-hybridized carbons (Fsp3) is 0.133. The zero-order valence-corrected chi connectivity index (χ0v) is 10.5. The molecule has 0 aliphatic heterocycles. The Hall–Kier alpha value is -2.33. The van der Waals surface area contributed by atoms with Crippen LogP contribution in [0.5, 0.6) is 0 Å². The van der Waals surface area contributed by atoms with Crippen molar-refractivity contribution < 1.29 is 0 Å². The minimum absolute atomic E-state index is 0.585. The minimum Gasteiger partial charge on any atom is -0.330 e. The molecule has 4 nitrogen and oxygen atoms in total. The molecule has 0 saturated heterocycles. The van der Waals surface area contributed by atoms with E-state index in [1.807, 2.05) is 42.5 Å². The van der Waals surface area contributed by atoms with Crippen LogP contribution >= 0.6 is 0 Å². The molecule has 0 atom stereocenters. The van der Waals surface area contributed by atoms with Crippen LogP contribution in [0.3, 0.4) is 0 Å². The second kappa shape index (κ2) is 5.12. The van der Waals surface area contributed by atoms with Crippen LogP contribution in [0.25, 0.3) is 22.4 Å². The van der Waals surface area contributed by atoms with Gasteiger partial charge in [-0.2, -0.15) is 0 Å². The van der Waals surface area contributed by atoms with Crippen molar-refractivity contribution in [3.63, 3.8) is 0 Å². The van der Waals surface area contributed by atoms with Crippen molar-refractivity contribution in [1.29, 1.82) is 0 Å². The summed E-state index contributed by atoms with van der Waals surface area (Å²) in [5.41, 5.74) is 8.24. The summed E-state index contributed by atoms with van der Waals surface area (Å²) >= 11 is 0. The zero-order valence-electron chi connectivity index (χ0n) is 10.5. The highest BCUT2D eigenvalue weighted by Crippen LogP contribution is 2.17. The van der Waals surface area contributed by atoms with Crippen LogP contribution < -0.4 is 5.73 Å². The predicted molar refractivity (Wildman–Crippen MR) is 75.5 cm³/mol. The second-order valence-corrected chi connectivity index (χ2v) is 4.30. The summed E-state index contributed by atoms with van der Waals surface area (Å²) in [6.07, 6.45) is 2.51. The van der Waals surface area contributed by atoms with Gasteiger partial charge in [0.1, 0.15) is 5.69 Å². The quantitative estimate of drug-likeness (QED) is 0.774. The van der Waals surface area contributed by atoms with Crippen LogP contribution in [0.1, 0.15) is 5.69 Å². The van der Waals surface area contributed by atoms with Gasteiger partial charge in [-0.05, 0) is 24.7 Å². The first-order chi connectivity index (χ1) is 9.36. The molecule has 94 valence electrons. The lowest BCUT2D eigenvalue weighted by molar-refractivity contribution is 0.911. The van der Waals surface area contributed by atoms with Gasteiger partial charge in [0.2, 0.25) is 0 Å². The summed E-state index contributed by atoms with van der Waals surface area (Å²) in [6, 6.07) is 13.9. The molecule has 2 aromatic heterocycles. The topological polar surface area (TPSA) is 64.7 Å². The fourth-order valence-corrected chi connectivity index (χ4v) is 2.00. The summed E-state index contributed by atoms with van der Waals surface area (Å²) in [5, 5.41) is 1.12. The Morgan fingerprint density at radius 3 is 2.74 bits per heavy atom. The van der Waals surface area contributed by atoms with Crippen molar-refractivity contribution >= 4 is 10.9 Å². The number of hydrogen-bond donors (Lipinski definition) is 1. The molecule has 3 rings (SSSR count). The Balaban J connectivity index is 2.05. The summed E-state index contributed by atoms with van der Waals surface area (Å²) < 4.78 is 0. The van der Waals surface area contributed by atoms with Crippen molar-refractivity contribution in [3.05, 3.63) is 54.4 Å². The first-order valence-corrected chi connectivity index (χ1v) is 6.25. The van der Waals surface area contributed by atoms with E-state index in [2.05, 4.69) is 15.0 Å². The molecular weight excluding hydrogens is 236 g/mol. The maximum Gasteiger partial charge on any atom is 0.178 e. The van der Waals surface area contributed by atoms with E-state index in [4.69, 9.17) is 5.73 Å². The summed E-state index contributed by atoms with van der Waals surface area (Å²) in [4.78, 5) is 13.4. The van der Waals surface area contributed by atoms with E-state index >= 15 is 0 Å². The molecular formula is C15H14N4. The van der Waals surface area contributed by atoms with E-state index in [0.717, 1.165) is 28.7 Å². The second-order valence-electron chi connectivity index (χ2n) is 4.30. The highest BCUT2D eigenvalue weighted by Gasteiger charge is 2.05. The molecule has 0 unspecified atom stereocenters. The van der Waals surface area contributed by atoms with E-state index < -0.39 is 0 Å². The number of hydrogen-bond acceptors (Lipinski definition) is 4. The fourth-order valence-electron chi connectivity index (χ4n) is 2.00. The van der Waals surface area contributed by atoms with Gasteiger partial charge in [0.25, 0.3) is 0 Å². The van der Waals surface area contributed by atoms with Crippen LogP contribution in [-0.4, -0.2) is 21.5 Å². The van der Waals surface area contributed by atoms with Gasteiger partial charge < -0.3 is 5.73 Å². The lowest BCUT2D eigenvalue weighted by Gasteiger charge is -2.03. The Kier molecular flexibility index (Phi) is 3.16. The standard InChI is InChI=1S/C15H14N4/c16-9-7-12-8-10-17-15(18-12)14-6-5-11-3-1-2-4-13(11)19-14/h1-6,8,10H,7,9,16H2. The smallest absolute Gasteiger partial charge is 0.178 e. The summed E-state index contributed by atoms with van der Waals surface area (Å²) in [6.45, 7) is 0.585. The zero-order chi connectivity index (χ0) is 13.1. The third-order valence-electron chi connectivity index (χ3n) is 2.94. The van der Waals surface area contributed by atoms with E-state index in [1.54, 1.807) is 6.20 Å². The molecule has 2 heterocycles. The van der Waals surface area contributed by atoms with Gasteiger partial charge in [0.05, 0.1) is 5.52 Å². The predicted octanol–water partition coefficient (Wildman–Crippen LogP) is 2.19. The minimum atomic E-state index is 0.585. The maximum absolute atomic E-state index is 5.55. The molecule has 0 radical (unpaired) electrons. The highest BCUT2D eigenvalue weighted by atomic mass is 14.9. The number of pyridine rings is 1. The van der Waals surface area contributed by atoms with Gasteiger partial charge in [-0.15, -0.1) is 0 Å². The van der Waals surface area contributed by atoms with Gasteiger partial charge in [-0.1, -0.05) is 24.3 Å². The third-order valence-corrected chi connectivity index (χ3v) is 2.94. The van der Waals surface area contributed by atoms with Crippen molar-refractivity contribution in [3.8, 4) is 11.5 Å². The van der Waals surface area contributed by atoms with Gasteiger partial charge in [-0.3, -0.25) is 0 Å². The van der Waals surface area contributed by atoms with Crippen LogP contribution in [-0.2, 0) is 6.42 Å². The molecule has 0 aliphatic carbocycles. The number of nitrogens with zero attached hydrogens (tertiary/aromatic N) is 3. The molecule has 0 spiro atoms. The van der Waals surface area contributed by atoms with E-state index in [9.17, 15) is 0 Å². The Morgan fingerprint density at radius 2 is 1.84 bits per heavy atom. The molecule has 3 aromatic rings. The van der Waals surface area contributed by atoms with Crippen LogP contribution in [0.4, 0.5) is 0 Å². The Bertz CT molecular complexity index is 709. The lowest BCUT2D eigenvalue weighted by atomic mass is 10.2. The average molecular weight is 250 g/mol. The number of nitrogens with two attached hydrogens (primary N) is 1. The first kappa shape index (κ1) is 11.7. The van der Waals surface area contributed by atoms with Gasteiger partial charge in [0, 0.05) is 23.7 Å². The normalized spacial score (nSPS) is 10.8. The number of rotatable bonds is 3. The molecule has 0 aliphatic rings. The summed E-state index contributed by atoms with van der Waals surface area (Å²) in [7, 11) is 0. The Morgan fingerprint density at radius 1 is 0.947 bits per heavy atom. The van der Waals surface area contributed by atoms with Crippen molar-refractivity contribution in [1.82, 2.24) is 15.0 Å². The van der Waals surface area contributed by atoms with E-state index in [-0.39, 0.29) is 0 Å². The first-order valence-electron chi connectivity index (χ1n) is 6.25. The summed E-state index contributed by atoms with van der Waals surface area (Å²) in [5.74, 6) is 0.650. The molecule has 0 saturated carbocycles. The molecule has 0 amide bonds. The van der Waals surface area contributed by atoms with Gasteiger partial charge in [0.15, 0.2) is 5.82 Å². The molecule has 0 bridgehead atoms. The molecule has 0 fully saturated rings. The lowest BCUT2D eigenvalue weighted by Crippen LogP contribution is -2.05. The number of aromatic nitrogens is 3. The van der Waals surface area contributed by atoms with Crippen molar-refractivity contribution in [2.75, 3.05) is 6.54 Å². The van der Waals surface area contributed by atoms with E-state index in [1.165, 1.54) is 0 Å². The SMILES string of the molecule is NCCc1ccnc(-c2ccc3ccccc3n2)n1. The molecule has 4 heteroatoms. The number of para-hydroxylation sites is 1.